The van der Waals surface area contributed by atoms with E-state index in [0.29, 0.717) is 38.8 Å². The Morgan fingerprint density at radius 3 is 1.74 bits per heavy atom. The lowest BCUT2D eigenvalue weighted by Crippen LogP contribution is -2.36. The Hall–Kier alpha value is -1.55. The number of carbonyl (C=O) groups is 3. The van der Waals surface area contributed by atoms with Gasteiger partial charge in [-0.25, -0.2) is 9.59 Å². The van der Waals surface area contributed by atoms with Crippen LogP contribution in [0.15, 0.2) is 0 Å². The largest absolute Gasteiger partial charge is 0.452 e. The Morgan fingerprint density at radius 2 is 1.26 bits per heavy atom. The van der Waals surface area contributed by atoms with Gasteiger partial charge in [0.25, 0.3) is 0 Å². The highest BCUT2D eigenvalue weighted by molar-refractivity contribution is 5.89. The molecular formula is C14H28N4O5. The van der Waals surface area contributed by atoms with Crippen molar-refractivity contribution in [2.24, 2.45) is 22.9 Å². The summed E-state index contributed by atoms with van der Waals surface area (Å²) in [6, 6.07) is -1.73. The molecule has 0 radical (unpaired) electrons. The van der Waals surface area contributed by atoms with Crippen molar-refractivity contribution in [3.63, 3.8) is 0 Å². The first-order valence-electron chi connectivity index (χ1n) is 7.74. The molecule has 0 spiro atoms. The SMILES string of the molecule is NCCCC[C@H](N)C(=O)OCC(=O)OC(=O)[C@@H](N)CCCCN. The molecule has 23 heavy (non-hydrogen) atoms. The van der Waals surface area contributed by atoms with Crippen LogP contribution in [-0.2, 0) is 23.9 Å². The van der Waals surface area contributed by atoms with Gasteiger partial charge in [-0.3, -0.25) is 4.79 Å². The van der Waals surface area contributed by atoms with E-state index in [1.807, 2.05) is 0 Å². The Bertz CT molecular complexity index is 378. The second-order valence-electron chi connectivity index (χ2n) is 5.18. The number of esters is 3. The second kappa shape index (κ2) is 12.9. The molecule has 9 nitrogen and oxygen atoms in total. The van der Waals surface area contributed by atoms with Gasteiger partial charge in [-0.05, 0) is 38.8 Å². The topological polar surface area (TPSA) is 174 Å². The molecule has 0 aliphatic carbocycles. The number of rotatable bonds is 12. The maximum atomic E-state index is 11.5. The van der Waals surface area contributed by atoms with E-state index in [4.69, 9.17) is 27.7 Å². The van der Waals surface area contributed by atoms with E-state index in [1.54, 1.807) is 0 Å². The Morgan fingerprint density at radius 1 is 0.783 bits per heavy atom. The zero-order valence-corrected chi connectivity index (χ0v) is 13.4. The molecule has 0 saturated heterocycles. The average Bonchev–Trinajstić information content (AvgIpc) is 2.52. The molecule has 8 N–H and O–H groups in total. The fraction of sp³-hybridized carbons (Fsp3) is 0.786. The van der Waals surface area contributed by atoms with Crippen LogP contribution in [0.1, 0.15) is 38.5 Å². The van der Waals surface area contributed by atoms with Crippen LogP contribution in [0.2, 0.25) is 0 Å². The highest BCUT2D eigenvalue weighted by Gasteiger charge is 2.21. The smallest absolute Gasteiger partial charge is 0.351 e. The third kappa shape index (κ3) is 10.7. The van der Waals surface area contributed by atoms with Crippen LogP contribution < -0.4 is 22.9 Å². The fourth-order valence-electron chi connectivity index (χ4n) is 1.71. The summed E-state index contributed by atoms with van der Waals surface area (Å²) in [7, 11) is 0. The summed E-state index contributed by atoms with van der Waals surface area (Å²) in [6.07, 6.45) is 3.61. The van der Waals surface area contributed by atoms with Crippen molar-refractivity contribution in [3.8, 4) is 0 Å². The van der Waals surface area contributed by atoms with E-state index >= 15 is 0 Å². The molecule has 0 aliphatic rings. The quantitative estimate of drug-likeness (QED) is 0.188. The number of nitrogens with two attached hydrogens (primary N) is 4. The van der Waals surface area contributed by atoms with Gasteiger partial charge in [0, 0.05) is 0 Å². The van der Waals surface area contributed by atoms with E-state index < -0.39 is 36.6 Å². The van der Waals surface area contributed by atoms with E-state index in [9.17, 15) is 14.4 Å². The number of ether oxygens (including phenoxy) is 2. The third-order valence-corrected chi connectivity index (χ3v) is 3.09. The van der Waals surface area contributed by atoms with Gasteiger partial charge in [-0.15, -0.1) is 0 Å². The number of hydrogen-bond acceptors (Lipinski definition) is 9. The molecule has 0 aromatic carbocycles. The first-order valence-corrected chi connectivity index (χ1v) is 7.74. The predicted molar refractivity (Wildman–Crippen MR) is 83.8 cm³/mol. The maximum absolute atomic E-state index is 11.5. The van der Waals surface area contributed by atoms with Crippen LogP contribution in [0, 0.1) is 0 Å². The molecule has 0 bridgehead atoms. The molecular weight excluding hydrogens is 304 g/mol. The van der Waals surface area contributed by atoms with Crippen molar-refractivity contribution in [3.05, 3.63) is 0 Å². The summed E-state index contributed by atoms with van der Waals surface area (Å²) in [6.45, 7) is 0.342. The summed E-state index contributed by atoms with van der Waals surface area (Å²) < 4.78 is 9.20. The Labute approximate surface area is 136 Å². The zero-order chi connectivity index (χ0) is 17.7. The van der Waals surface area contributed by atoms with Gasteiger partial charge in [0.05, 0.1) is 0 Å². The summed E-state index contributed by atoms with van der Waals surface area (Å²) >= 11 is 0. The van der Waals surface area contributed by atoms with E-state index in [1.165, 1.54) is 0 Å². The molecule has 0 aromatic rings. The first-order chi connectivity index (χ1) is 10.9. The normalized spacial score (nSPS) is 13.2. The van der Waals surface area contributed by atoms with Crippen LogP contribution in [0.3, 0.4) is 0 Å². The van der Waals surface area contributed by atoms with Crippen LogP contribution in [0.4, 0.5) is 0 Å². The van der Waals surface area contributed by atoms with Gasteiger partial charge in [-0.2, -0.15) is 0 Å². The third-order valence-electron chi connectivity index (χ3n) is 3.09. The summed E-state index contributed by atoms with van der Waals surface area (Å²) in [5, 5.41) is 0. The van der Waals surface area contributed by atoms with Crippen molar-refractivity contribution in [1.82, 2.24) is 0 Å². The monoisotopic (exact) mass is 332 g/mol. The number of unbranched alkanes of at least 4 members (excludes halogenated alkanes) is 2. The second-order valence-corrected chi connectivity index (χ2v) is 5.18. The molecule has 0 amide bonds. The highest BCUT2D eigenvalue weighted by Crippen LogP contribution is 2.02. The minimum Gasteiger partial charge on any atom is -0.452 e. The summed E-state index contributed by atoms with van der Waals surface area (Å²) in [5.41, 5.74) is 21.8. The fourth-order valence-corrected chi connectivity index (χ4v) is 1.71. The van der Waals surface area contributed by atoms with Crippen LogP contribution in [0.5, 0.6) is 0 Å². The van der Waals surface area contributed by atoms with Crippen molar-refractivity contribution < 1.29 is 23.9 Å². The first kappa shape index (κ1) is 21.4. The molecule has 0 rings (SSSR count). The molecule has 0 aliphatic heterocycles. The van der Waals surface area contributed by atoms with E-state index in [2.05, 4.69) is 4.74 Å². The van der Waals surface area contributed by atoms with Gasteiger partial charge in [0.1, 0.15) is 12.1 Å². The van der Waals surface area contributed by atoms with Gasteiger partial charge in [0.2, 0.25) is 0 Å². The predicted octanol–water partition coefficient (Wildman–Crippen LogP) is -1.49. The zero-order valence-electron chi connectivity index (χ0n) is 13.4. The number of carbonyl (C=O) groups excluding carboxylic acids is 3. The average molecular weight is 332 g/mol. The lowest BCUT2D eigenvalue weighted by Gasteiger charge is -2.12. The van der Waals surface area contributed by atoms with Gasteiger partial charge < -0.3 is 32.4 Å². The molecule has 0 unspecified atom stereocenters. The maximum Gasteiger partial charge on any atom is 0.351 e. The highest BCUT2D eigenvalue weighted by atomic mass is 16.6. The minimum absolute atomic E-state index is 0.370. The van der Waals surface area contributed by atoms with Gasteiger partial charge in [0.15, 0.2) is 6.61 Å². The van der Waals surface area contributed by atoms with E-state index in [-0.39, 0.29) is 0 Å². The lowest BCUT2D eigenvalue weighted by atomic mass is 10.1. The molecule has 0 saturated carbocycles. The number of hydrogen-bond donors (Lipinski definition) is 4. The van der Waals surface area contributed by atoms with Crippen LogP contribution >= 0.6 is 0 Å². The van der Waals surface area contributed by atoms with Crippen LogP contribution in [-0.4, -0.2) is 49.7 Å². The van der Waals surface area contributed by atoms with Gasteiger partial charge in [-0.1, -0.05) is 12.8 Å². The molecule has 134 valence electrons. The Kier molecular flexibility index (Phi) is 12.1. The van der Waals surface area contributed by atoms with Crippen molar-refractivity contribution in [1.29, 1.82) is 0 Å². The molecule has 9 heteroatoms. The van der Waals surface area contributed by atoms with Crippen molar-refractivity contribution in [2.45, 2.75) is 50.6 Å². The summed E-state index contributed by atoms with van der Waals surface area (Å²) in [4.78, 5) is 34.5. The van der Waals surface area contributed by atoms with E-state index in [0.717, 1.165) is 12.8 Å². The van der Waals surface area contributed by atoms with Crippen molar-refractivity contribution in [2.75, 3.05) is 19.7 Å². The Balaban J connectivity index is 3.96. The molecule has 0 aromatic heterocycles. The molecule has 0 fully saturated rings. The van der Waals surface area contributed by atoms with Crippen molar-refractivity contribution >= 4 is 17.9 Å². The molecule has 0 heterocycles. The van der Waals surface area contributed by atoms with Gasteiger partial charge >= 0.3 is 17.9 Å². The molecule has 2 atom stereocenters. The summed E-state index contributed by atoms with van der Waals surface area (Å²) in [5.74, 6) is -2.55. The lowest BCUT2D eigenvalue weighted by molar-refractivity contribution is -0.168. The van der Waals surface area contributed by atoms with Crippen LogP contribution in [0.25, 0.3) is 0 Å². The standard InChI is InChI=1S/C14H28N4O5/c15-7-3-1-5-10(17)13(20)22-9-12(19)23-14(21)11(18)6-2-4-8-16/h10-11H,1-9,15-18H2/t10-,11-/m0/s1. The minimum atomic E-state index is -0.980.